The fourth-order valence-corrected chi connectivity index (χ4v) is 3.35. The van der Waals surface area contributed by atoms with Gasteiger partial charge in [-0.2, -0.15) is 0 Å². The lowest BCUT2D eigenvalue weighted by atomic mass is 10.2. The number of thiophene rings is 1. The van der Waals surface area contributed by atoms with E-state index in [1.807, 2.05) is 42.5 Å². The van der Waals surface area contributed by atoms with Crippen molar-refractivity contribution in [2.24, 2.45) is 0 Å². The fraction of sp³-hybridized carbons (Fsp3) is 0.0500. The molecule has 3 rings (SSSR count). The summed E-state index contributed by atoms with van der Waals surface area (Å²) in [4.78, 5) is 24.5. The number of hydrogen-bond donors (Lipinski definition) is 1. The van der Waals surface area contributed by atoms with Crippen LogP contribution in [-0.4, -0.2) is 17.9 Å². The summed E-state index contributed by atoms with van der Waals surface area (Å²) >= 11 is 1.58. The number of anilines is 1. The summed E-state index contributed by atoms with van der Waals surface area (Å²) in [6, 6.07) is 18.0. The molecule has 3 aromatic rings. The van der Waals surface area contributed by atoms with Gasteiger partial charge in [0.25, 0.3) is 5.69 Å². The summed E-state index contributed by atoms with van der Waals surface area (Å²) < 4.78 is 5.11. The van der Waals surface area contributed by atoms with Crippen molar-refractivity contribution in [1.29, 1.82) is 0 Å². The van der Waals surface area contributed by atoms with E-state index in [9.17, 15) is 14.9 Å². The monoisotopic (exact) mass is 380 g/mol. The Hall–Kier alpha value is -3.45. The van der Waals surface area contributed by atoms with E-state index in [4.69, 9.17) is 4.74 Å². The molecule has 1 aromatic heterocycles. The Bertz CT molecular complexity index is 996. The first-order valence-electron chi connectivity index (χ1n) is 8.03. The lowest BCUT2D eigenvalue weighted by molar-refractivity contribution is -0.384. The second kappa shape index (κ2) is 8.29. The van der Waals surface area contributed by atoms with Crippen LogP contribution in [0.25, 0.3) is 16.5 Å². The van der Waals surface area contributed by atoms with Crippen LogP contribution in [0.15, 0.2) is 66.7 Å². The highest BCUT2D eigenvalue weighted by Crippen LogP contribution is 2.30. The van der Waals surface area contributed by atoms with E-state index in [1.54, 1.807) is 17.4 Å². The number of methoxy groups -OCH3 is 1. The zero-order chi connectivity index (χ0) is 19.2. The van der Waals surface area contributed by atoms with E-state index in [1.165, 1.54) is 31.4 Å². The number of benzene rings is 2. The second-order valence-corrected chi connectivity index (χ2v) is 6.65. The number of ether oxygens (including phenoxy) is 1. The Morgan fingerprint density at radius 2 is 1.93 bits per heavy atom. The third-order valence-electron chi connectivity index (χ3n) is 3.74. The van der Waals surface area contributed by atoms with Crippen molar-refractivity contribution >= 4 is 34.7 Å². The van der Waals surface area contributed by atoms with Gasteiger partial charge >= 0.3 is 0 Å². The Balaban J connectivity index is 1.69. The van der Waals surface area contributed by atoms with Gasteiger partial charge in [0.15, 0.2) is 0 Å². The molecule has 0 bridgehead atoms. The maximum Gasteiger partial charge on any atom is 0.273 e. The van der Waals surface area contributed by atoms with Crippen LogP contribution in [-0.2, 0) is 4.79 Å². The SMILES string of the molecule is COc1cc([N+](=O)[O-])ccc1NC(=O)/C=C/c1ccc(-c2ccccc2)s1. The molecule has 0 aliphatic carbocycles. The number of nitro benzene ring substituents is 1. The molecule has 0 saturated carbocycles. The van der Waals surface area contributed by atoms with E-state index < -0.39 is 4.92 Å². The predicted octanol–water partition coefficient (Wildman–Crippen LogP) is 4.98. The van der Waals surface area contributed by atoms with E-state index in [2.05, 4.69) is 5.32 Å². The van der Waals surface area contributed by atoms with Crippen molar-refractivity contribution in [2.45, 2.75) is 0 Å². The van der Waals surface area contributed by atoms with Crippen LogP contribution in [0.4, 0.5) is 11.4 Å². The number of rotatable bonds is 6. The van der Waals surface area contributed by atoms with Gasteiger partial charge in [0.1, 0.15) is 5.75 Å². The molecule has 1 N–H and O–H groups in total. The average Bonchev–Trinajstić information content (AvgIpc) is 3.16. The number of nitrogens with zero attached hydrogens (tertiary/aromatic N) is 1. The minimum absolute atomic E-state index is 0.104. The number of carbonyl (C=O) groups excluding carboxylic acids is 1. The lowest BCUT2D eigenvalue weighted by Gasteiger charge is -2.08. The first-order chi connectivity index (χ1) is 13.1. The summed E-state index contributed by atoms with van der Waals surface area (Å²) in [5, 5.41) is 13.5. The number of amides is 1. The molecule has 0 spiro atoms. The number of non-ortho nitro benzene ring substituents is 1. The maximum atomic E-state index is 12.2. The molecule has 6 nitrogen and oxygen atoms in total. The number of nitrogens with one attached hydrogen (secondary N) is 1. The molecule has 27 heavy (non-hydrogen) atoms. The first-order valence-corrected chi connectivity index (χ1v) is 8.85. The molecule has 0 radical (unpaired) electrons. The molecular formula is C20H16N2O4S. The smallest absolute Gasteiger partial charge is 0.273 e. The van der Waals surface area contributed by atoms with E-state index in [0.717, 1.165) is 15.3 Å². The molecule has 0 aliphatic rings. The van der Waals surface area contributed by atoms with Gasteiger partial charge in [0.05, 0.1) is 23.8 Å². The molecular weight excluding hydrogens is 364 g/mol. The van der Waals surface area contributed by atoms with E-state index in [0.29, 0.717) is 5.69 Å². The largest absolute Gasteiger partial charge is 0.494 e. The summed E-state index contributed by atoms with van der Waals surface area (Å²) in [7, 11) is 1.39. The lowest BCUT2D eigenvalue weighted by Crippen LogP contribution is -2.09. The van der Waals surface area contributed by atoms with Gasteiger partial charge in [-0.1, -0.05) is 30.3 Å². The molecule has 0 fully saturated rings. The Morgan fingerprint density at radius 1 is 1.15 bits per heavy atom. The maximum absolute atomic E-state index is 12.2. The molecule has 0 atom stereocenters. The Morgan fingerprint density at radius 3 is 2.63 bits per heavy atom. The van der Waals surface area contributed by atoms with Crippen molar-refractivity contribution in [1.82, 2.24) is 0 Å². The first kappa shape index (κ1) is 18.3. The fourth-order valence-electron chi connectivity index (χ4n) is 2.43. The second-order valence-electron chi connectivity index (χ2n) is 5.53. The minimum Gasteiger partial charge on any atom is -0.494 e. The molecule has 1 amide bonds. The van der Waals surface area contributed by atoms with Gasteiger partial charge in [0, 0.05) is 21.9 Å². The zero-order valence-electron chi connectivity index (χ0n) is 14.4. The summed E-state index contributed by atoms with van der Waals surface area (Å²) in [5.74, 6) is -0.120. The predicted molar refractivity (Wildman–Crippen MR) is 107 cm³/mol. The minimum atomic E-state index is -0.519. The topological polar surface area (TPSA) is 81.5 Å². The highest BCUT2D eigenvalue weighted by Gasteiger charge is 2.12. The van der Waals surface area contributed by atoms with Crippen LogP contribution in [0.3, 0.4) is 0 Å². The van der Waals surface area contributed by atoms with Gasteiger partial charge in [-0.15, -0.1) is 11.3 Å². The van der Waals surface area contributed by atoms with Gasteiger partial charge in [0.2, 0.25) is 5.91 Å². The van der Waals surface area contributed by atoms with Crippen molar-refractivity contribution < 1.29 is 14.5 Å². The van der Waals surface area contributed by atoms with Crippen molar-refractivity contribution in [3.63, 3.8) is 0 Å². The number of nitro groups is 1. The summed E-state index contributed by atoms with van der Waals surface area (Å²) in [6.45, 7) is 0. The highest BCUT2D eigenvalue weighted by atomic mass is 32.1. The summed E-state index contributed by atoms with van der Waals surface area (Å²) in [5.41, 5.74) is 1.39. The van der Waals surface area contributed by atoms with Crippen LogP contribution in [0.1, 0.15) is 4.88 Å². The highest BCUT2D eigenvalue weighted by molar-refractivity contribution is 7.16. The van der Waals surface area contributed by atoms with Gasteiger partial charge in [-0.05, 0) is 29.8 Å². The number of hydrogen-bond acceptors (Lipinski definition) is 5. The molecule has 0 unspecified atom stereocenters. The molecule has 1 heterocycles. The summed E-state index contributed by atoms with van der Waals surface area (Å²) in [6.07, 6.45) is 3.14. The van der Waals surface area contributed by atoms with Crippen LogP contribution in [0.2, 0.25) is 0 Å². The quantitative estimate of drug-likeness (QED) is 0.371. The van der Waals surface area contributed by atoms with Gasteiger partial charge in [-0.3, -0.25) is 14.9 Å². The van der Waals surface area contributed by atoms with Gasteiger partial charge < -0.3 is 10.1 Å². The molecule has 0 aliphatic heterocycles. The van der Waals surface area contributed by atoms with Crippen LogP contribution in [0.5, 0.6) is 5.75 Å². The van der Waals surface area contributed by atoms with Crippen LogP contribution in [0, 0.1) is 10.1 Å². The number of carbonyl (C=O) groups is 1. The zero-order valence-corrected chi connectivity index (χ0v) is 15.2. The van der Waals surface area contributed by atoms with Gasteiger partial charge in [-0.25, -0.2) is 0 Å². The third-order valence-corrected chi connectivity index (χ3v) is 4.84. The van der Waals surface area contributed by atoms with Crippen LogP contribution >= 0.6 is 11.3 Å². The molecule has 0 saturated heterocycles. The average molecular weight is 380 g/mol. The van der Waals surface area contributed by atoms with E-state index >= 15 is 0 Å². The molecule has 7 heteroatoms. The van der Waals surface area contributed by atoms with Crippen molar-refractivity contribution in [3.8, 4) is 16.2 Å². The standard InChI is InChI=1S/C20H16N2O4S/c1-26-18-13-15(22(24)25)7-10-17(18)21-20(23)12-9-16-8-11-19(27-16)14-5-3-2-4-6-14/h2-13H,1H3,(H,21,23)/b12-9+. The van der Waals surface area contributed by atoms with Crippen molar-refractivity contribution in [2.75, 3.05) is 12.4 Å². The van der Waals surface area contributed by atoms with Crippen molar-refractivity contribution in [3.05, 3.63) is 81.7 Å². The van der Waals surface area contributed by atoms with E-state index in [-0.39, 0.29) is 17.3 Å². The Labute approximate surface area is 159 Å². The Kier molecular flexibility index (Phi) is 5.63. The molecule has 2 aromatic carbocycles. The normalized spacial score (nSPS) is 10.7. The van der Waals surface area contributed by atoms with Crippen LogP contribution < -0.4 is 10.1 Å². The third kappa shape index (κ3) is 4.59. The molecule has 136 valence electrons.